The highest BCUT2D eigenvalue weighted by Crippen LogP contribution is 2.46. The molecule has 0 radical (unpaired) electrons. The summed E-state index contributed by atoms with van der Waals surface area (Å²) in [7, 11) is 4.53. The van der Waals surface area contributed by atoms with E-state index in [1.54, 1.807) is 14.2 Å². The zero-order valence-electron chi connectivity index (χ0n) is 18.9. The van der Waals surface area contributed by atoms with E-state index < -0.39 is 11.9 Å². The molecule has 1 aliphatic carbocycles. The Morgan fingerprint density at radius 1 is 1.03 bits per heavy atom. The molecule has 7 nitrogen and oxygen atoms in total. The van der Waals surface area contributed by atoms with Crippen molar-refractivity contribution in [2.75, 3.05) is 21.3 Å². The van der Waals surface area contributed by atoms with E-state index in [4.69, 9.17) is 18.6 Å². The van der Waals surface area contributed by atoms with Crippen molar-refractivity contribution >= 4 is 11.8 Å². The van der Waals surface area contributed by atoms with Gasteiger partial charge in [0.1, 0.15) is 11.5 Å². The van der Waals surface area contributed by atoms with Crippen molar-refractivity contribution < 1.29 is 28.2 Å². The second kappa shape index (κ2) is 8.57. The van der Waals surface area contributed by atoms with Crippen LogP contribution < -0.4 is 14.8 Å². The van der Waals surface area contributed by atoms with Crippen LogP contribution in [0.15, 0.2) is 57.3 Å². The van der Waals surface area contributed by atoms with Crippen LogP contribution in [0, 0.1) is 6.92 Å². The second-order valence-electron chi connectivity index (χ2n) is 8.07. The predicted molar refractivity (Wildman–Crippen MR) is 118 cm³/mol. The summed E-state index contributed by atoms with van der Waals surface area (Å²) in [6.07, 6.45) is 0.943. The maximum absolute atomic E-state index is 13.5. The van der Waals surface area contributed by atoms with Gasteiger partial charge in [0, 0.05) is 23.4 Å². The molecule has 168 valence electrons. The highest BCUT2D eigenvalue weighted by atomic mass is 16.5. The maximum atomic E-state index is 13.5. The van der Waals surface area contributed by atoms with Crippen LogP contribution in [-0.4, -0.2) is 33.1 Å². The summed E-state index contributed by atoms with van der Waals surface area (Å²) < 4.78 is 21.7. The molecular weight excluding hydrogens is 410 g/mol. The molecule has 1 N–H and O–H groups in total. The van der Waals surface area contributed by atoms with E-state index in [0.717, 1.165) is 11.3 Å². The number of aryl methyl sites for hydroxylation is 1. The van der Waals surface area contributed by atoms with Crippen LogP contribution in [0.2, 0.25) is 0 Å². The van der Waals surface area contributed by atoms with Gasteiger partial charge in [0.2, 0.25) is 0 Å². The molecule has 1 aliphatic heterocycles. The summed E-state index contributed by atoms with van der Waals surface area (Å²) >= 11 is 0. The van der Waals surface area contributed by atoms with Gasteiger partial charge in [-0.2, -0.15) is 0 Å². The fourth-order valence-electron chi connectivity index (χ4n) is 4.66. The van der Waals surface area contributed by atoms with Crippen LogP contribution in [0.4, 0.5) is 0 Å². The standard InChI is InChI=1S/C25H27NO6/c1-13-6-8-20(32-13)24-22(25(28)31-5)14(2)26-17-10-16(11-18(27)23(17)24)15-7-9-19(29-3)21(12-15)30-4/h6-9,12,16,24,26H,10-11H2,1-5H3/t16-,24-/m0/s1. The third-order valence-corrected chi connectivity index (χ3v) is 6.16. The first kappa shape index (κ1) is 21.7. The molecule has 2 atom stereocenters. The number of furan rings is 1. The molecule has 0 unspecified atom stereocenters. The minimum absolute atomic E-state index is 0.0218. The lowest BCUT2D eigenvalue weighted by molar-refractivity contribution is -0.136. The Kier molecular flexibility index (Phi) is 5.82. The van der Waals surface area contributed by atoms with Crippen LogP contribution in [-0.2, 0) is 14.3 Å². The van der Waals surface area contributed by atoms with Gasteiger partial charge < -0.3 is 23.9 Å². The van der Waals surface area contributed by atoms with Crippen molar-refractivity contribution in [3.63, 3.8) is 0 Å². The number of rotatable bonds is 5. The largest absolute Gasteiger partial charge is 0.493 e. The summed E-state index contributed by atoms with van der Waals surface area (Å²) in [4.78, 5) is 26.1. The number of benzene rings is 1. The quantitative estimate of drug-likeness (QED) is 0.704. The fraction of sp³-hybridized carbons (Fsp3) is 0.360. The average Bonchev–Trinajstić information content (AvgIpc) is 3.22. The number of ketones is 1. The van der Waals surface area contributed by atoms with E-state index in [1.165, 1.54) is 7.11 Å². The zero-order chi connectivity index (χ0) is 23.0. The number of nitrogens with one attached hydrogen (secondary N) is 1. The Morgan fingerprint density at radius 3 is 2.41 bits per heavy atom. The van der Waals surface area contributed by atoms with Crippen molar-refractivity contribution in [3.05, 3.63) is 70.0 Å². The zero-order valence-corrected chi connectivity index (χ0v) is 18.9. The third kappa shape index (κ3) is 3.68. The van der Waals surface area contributed by atoms with E-state index in [-0.39, 0.29) is 11.7 Å². The van der Waals surface area contributed by atoms with E-state index in [1.807, 2.05) is 44.2 Å². The minimum Gasteiger partial charge on any atom is -0.493 e. The molecule has 1 aromatic heterocycles. The van der Waals surface area contributed by atoms with Gasteiger partial charge in [0.15, 0.2) is 17.3 Å². The number of hydrogen-bond acceptors (Lipinski definition) is 7. The van der Waals surface area contributed by atoms with Crippen molar-refractivity contribution in [1.29, 1.82) is 0 Å². The molecule has 0 amide bonds. The monoisotopic (exact) mass is 437 g/mol. The van der Waals surface area contributed by atoms with Crippen molar-refractivity contribution in [1.82, 2.24) is 5.32 Å². The van der Waals surface area contributed by atoms with E-state index in [2.05, 4.69) is 5.32 Å². The lowest BCUT2D eigenvalue weighted by Gasteiger charge is -2.35. The lowest BCUT2D eigenvalue weighted by atomic mass is 9.73. The first-order valence-corrected chi connectivity index (χ1v) is 10.5. The number of methoxy groups -OCH3 is 3. The molecule has 7 heteroatoms. The topological polar surface area (TPSA) is 87.0 Å². The minimum atomic E-state index is -0.591. The van der Waals surface area contributed by atoms with E-state index in [0.29, 0.717) is 52.7 Å². The van der Waals surface area contributed by atoms with Gasteiger partial charge in [-0.1, -0.05) is 6.07 Å². The molecule has 0 saturated heterocycles. The highest BCUT2D eigenvalue weighted by molar-refractivity contribution is 6.04. The van der Waals surface area contributed by atoms with Gasteiger partial charge in [0.05, 0.1) is 32.8 Å². The molecule has 2 aliphatic rings. The average molecular weight is 437 g/mol. The number of carbonyl (C=O) groups excluding carboxylic acids is 2. The normalized spacial score (nSPS) is 20.6. The Balaban J connectivity index is 1.76. The van der Waals surface area contributed by atoms with Crippen LogP contribution in [0.1, 0.15) is 48.7 Å². The molecule has 2 heterocycles. The molecule has 0 bridgehead atoms. The molecule has 32 heavy (non-hydrogen) atoms. The van der Waals surface area contributed by atoms with Gasteiger partial charge in [-0.25, -0.2) is 4.79 Å². The first-order valence-electron chi connectivity index (χ1n) is 10.5. The SMILES string of the molecule is COC(=O)C1=C(C)NC2=C(C(=O)C[C@@H](c3ccc(OC)c(OC)c3)C2)[C@H]1c1ccc(C)o1. The summed E-state index contributed by atoms with van der Waals surface area (Å²) in [6.45, 7) is 3.66. The van der Waals surface area contributed by atoms with Crippen LogP contribution in [0.25, 0.3) is 0 Å². The van der Waals surface area contributed by atoms with Crippen LogP contribution in [0.5, 0.6) is 11.5 Å². The van der Waals surface area contributed by atoms with Crippen LogP contribution in [0.3, 0.4) is 0 Å². The predicted octanol–water partition coefficient (Wildman–Crippen LogP) is 4.14. The van der Waals surface area contributed by atoms with E-state index in [9.17, 15) is 9.59 Å². The van der Waals surface area contributed by atoms with Crippen molar-refractivity contribution in [3.8, 4) is 11.5 Å². The summed E-state index contributed by atoms with van der Waals surface area (Å²) in [6, 6.07) is 9.39. The molecule has 0 spiro atoms. The first-order chi connectivity index (χ1) is 15.4. The fourth-order valence-corrected chi connectivity index (χ4v) is 4.66. The Labute approximate surface area is 187 Å². The number of Topliss-reactive ketones (excluding diaryl/α,β-unsaturated/α-hetero) is 1. The Morgan fingerprint density at radius 2 is 1.78 bits per heavy atom. The number of carbonyl (C=O) groups is 2. The van der Waals surface area contributed by atoms with Crippen LogP contribution >= 0.6 is 0 Å². The molecule has 1 aromatic carbocycles. The van der Waals surface area contributed by atoms with Gasteiger partial charge in [0.25, 0.3) is 0 Å². The number of dihydropyridines is 1. The van der Waals surface area contributed by atoms with Gasteiger partial charge in [-0.05, 0) is 56.0 Å². The Hall–Kier alpha value is -3.48. The number of hydrogen-bond donors (Lipinski definition) is 1. The summed E-state index contributed by atoms with van der Waals surface area (Å²) in [5.41, 5.74) is 3.44. The maximum Gasteiger partial charge on any atom is 0.336 e. The van der Waals surface area contributed by atoms with Crippen molar-refractivity contribution in [2.45, 2.75) is 38.5 Å². The molecule has 4 rings (SSSR count). The number of esters is 1. The number of allylic oxidation sites excluding steroid dienone is 3. The van der Waals surface area contributed by atoms with Crippen molar-refractivity contribution in [2.24, 2.45) is 0 Å². The van der Waals surface area contributed by atoms with Gasteiger partial charge in [-0.15, -0.1) is 0 Å². The number of ether oxygens (including phenoxy) is 3. The molecule has 0 fully saturated rings. The highest BCUT2D eigenvalue weighted by Gasteiger charge is 2.42. The summed E-state index contributed by atoms with van der Waals surface area (Å²) in [5.74, 6) is 1.43. The molecular formula is C25H27NO6. The Bertz CT molecular complexity index is 1140. The lowest BCUT2D eigenvalue weighted by Crippen LogP contribution is -2.35. The molecule has 2 aromatic rings. The van der Waals surface area contributed by atoms with E-state index >= 15 is 0 Å². The third-order valence-electron chi connectivity index (χ3n) is 6.16. The second-order valence-corrected chi connectivity index (χ2v) is 8.07. The van der Waals surface area contributed by atoms with Gasteiger partial charge in [-0.3, -0.25) is 4.79 Å². The van der Waals surface area contributed by atoms with Gasteiger partial charge >= 0.3 is 5.97 Å². The smallest absolute Gasteiger partial charge is 0.336 e. The molecule has 0 saturated carbocycles. The summed E-state index contributed by atoms with van der Waals surface area (Å²) in [5, 5.41) is 3.31.